The van der Waals surface area contributed by atoms with Crippen LogP contribution >= 0.6 is 11.8 Å². The van der Waals surface area contributed by atoms with E-state index in [4.69, 9.17) is 9.84 Å². The van der Waals surface area contributed by atoms with Gasteiger partial charge in [0.25, 0.3) is 0 Å². The van der Waals surface area contributed by atoms with Gasteiger partial charge in [0, 0.05) is 11.3 Å². The maximum atomic E-state index is 11.1. The summed E-state index contributed by atoms with van der Waals surface area (Å²) in [6.07, 6.45) is 0.00866. The molecule has 0 saturated carbocycles. The summed E-state index contributed by atoms with van der Waals surface area (Å²) in [6.45, 7) is 0.341. The molecule has 0 unspecified atom stereocenters. The molecule has 2 heterocycles. The quantitative estimate of drug-likeness (QED) is 0.628. The minimum Gasteiger partial charge on any atom is -0.481 e. The van der Waals surface area contributed by atoms with Crippen molar-refractivity contribution in [1.82, 2.24) is 5.32 Å². The van der Waals surface area contributed by atoms with Gasteiger partial charge in [-0.15, -0.1) is 11.8 Å². The molecule has 5 nitrogen and oxygen atoms in total. The molecule has 0 aromatic carbocycles. The van der Waals surface area contributed by atoms with E-state index in [1.54, 1.807) is 0 Å². The van der Waals surface area contributed by atoms with Crippen LogP contribution in [0.4, 0.5) is 0 Å². The Bertz CT molecular complexity index is 325. The van der Waals surface area contributed by atoms with Gasteiger partial charge in [-0.2, -0.15) is 0 Å². The van der Waals surface area contributed by atoms with Crippen LogP contribution in [0.3, 0.4) is 0 Å². The van der Waals surface area contributed by atoms with Crippen molar-refractivity contribution in [3.8, 4) is 0 Å². The fourth-order valence-corrected chi connectivity index (χ4v) is 2.48. The van der Waals surface area contributed by atoms with Crippen molar-refractivity contribution in [2.24, 2.45) is 0 Å². The maximum absolute atomic E-state index is 11.1. The molecule has 1 atom stereocenters. The Morgan fingerprint density at radius 2 is 2.50 bits per heavy atom. The van der Waals surface area contributed by atoms with Crippen molar-refractivity contribution in [2.75, 3.05) is 12.4 Å². The minimum atomic E-state index is -0.870. The third kappa shape index (κ3) is 1.70. The van der Waals surface area contributed by atoms with Crippen LogP contribution in [0.1, 0.15) is 6.42 Å². The van der Waals surface area contributed by atoms with Gasteiger partial charge >= 0.3 is 11.9 Å². The second kappa shape index (κ2) is 3.53. The van der Waals surface area contributed by atoms with Gasteiger partial charge in [0.1, 0.15) is 12.3 Å². The molecule has 0 bridgehead atoms. The molecule has 2 N–H and O–H groups in total. The van der Waals surface area contributed by atoms with E-state index in [2.05, 4.69) is 5.32 Å². The van der Waals surface area contributed by atoms with Gasteiger partial charge in [-0.25, -0.2) is 4.79 Å². The monoisotopic (exact) mass is 215 g/mol. The first-order chi connectivity index (χ1) is 6.66. The molecule has 2 rings (SSSR count). The smallest absolute Gasteiger partial charge is 0.354 e. The molecule has 2 aliphatic heterocycles. The summed E-state index contributed by atoms with van der Waals surface area (Å²) in [7, 11) is 0. The molecule has 0 fully saturated rings. The maximum Gasteiger partial charge on any atom is 0.354 e. The van der Waals surface area contributed by atoms with E-state index in [0.29, 0.717) is 18.1 Å². The lowest BCUT2D eigenvalue weighted by molar-refractivity contribution is -0.138. The second-order valence-electron chi connectivity index (χ2n) is 3.10. The summed E-state index contributed by atoms with van der Waals surface area (Å²) < 4.78 is 4.82. The molecule has 2 aliphatic rings. The first-order valence-electron chi connectivity index (χ1n) is 4.16. The second-order valence-corrected chi connectivity index (χ2v) is 4.29. The number of carboxylic acids is 1. The average molecular weight is 215 g/mol. The number of thioether (sulfide) groups is 1. The molecule has 0 saturated heterocycles. The first-order valence-corrected chi connectivity index (χ1v) is 5.21. The number of esters is 1. The van der Waals surface area contributed by atoms with Crippen LogP contribution in [0.2, 0.25) is 0 Å². The number of nitrogens with one attached hydrogen (secondary N) is 1. The van der Waals surface area contributed by atoms with Crippen LogP contribution in [0.15, 0.2) is 11.3 Å². The number of carboxylic acid groups (broad SMARTS) is 1. The van der Waals surface area contributed by atoms with E-state index in [-0.39, 0.29) is 17.8 Å². The predicted octanol–water partition coefficient (Wildman–Crippen LogP) is -0.0655. The fourth-order valence-electron chi connectivity index (χ4n) is 1.39. The summed E-state index contributed by atoms with van der Waals surface area (Å²) >= 11 is 1.49. The molecule has 6 heteroatoms. The summed E-state index contributed by atoms with van der Waals surface area (Å²) in [6, 6.07) is 0. The van der Waals surface area contributed by atoms with Gasteiger partial charge in [-0.05, 0) is 0 Å². The van der Waals surface area contributed by atoms with E-state index in [0.717, 1.165) is 5.57 Å². The van der Waals surface area contributed by atoms with E-state index >= 15 is 0 Å². The topological polar surface area (TPSA) is 75.6 Å². The molecule has 0 spiro atoms. The Balaban J connectivity index is 2.05. The van der Waals surface area contributed by atoms with Crippen molar-refractivity contribution in [1.29, 1.82) is 0 Å². The molecule has 76 valence electrons. The lowest BCUT2D eigenvalue weighted by Crippen LogP contribution is -2.34. The number of hydrogen-bond donors (Lipinski definition) is 2. The number of carbonyl (C=O) groups is 2. The van der Waals surface area contributed by atoms with Gasteiger partial charge in [-0.3, -0.25) is 4.79 Å². The largest absolute Gasteiger partial charge is 0.481 e. The lowest BCUT2D eigenvalue weighted by Gasteiger charge is -2.22. The van der Waals surface area contributed by atoms with E-state index in [1.807, 2.05) is 0 Å². The number of hydrogen-bond acceptors (Lipinski definition) is 5. The Morgan fingerprint density at radius 3 is 3.21 bits per heavy atom. The summed E-state index contributed by atoms with van der Waals surface area (Å²) in [5.41, 5.74) is 1.40. The molecule has 0 radical (unpaired) electrons. The number of ether oxygens (including phenoxy) is 1. The van der Waals surface area contributed by atoms with Crippen LogP contribution in [0.5, 0.6) is 0 Å². The normalized spacial score (nSPS) is 25.4. The predicted molar refractivity (Wildman–Crippen MR) is 49.6 cm³/mol. The van der Waals surface area contributed by atoms with Crippen molar-refractivity contribution in [3.63, 3.8) is 0 Å². The summed E-state index contributed by atoms with van der Waals surface area (Å²) in [5.74, 6) is -0.562. The number of aliphatic carboxylic acids is 1. The highest BCUT2D eigenvalue weighted by molar-refractivity contribution is 8.00. The van der Waals surface area contributed by atoms with Crippen molar-refractivity contribution < 1.29 is 19.4 Å². The van der Waals surface area contributed by atoms with Crippen molar-refractivity contribution in [3.05, 3.63) is 11.3 Å². The van der Waals surface area contributed by atoms with Crippen molar-refractivity contribution in [2.45, 2.75) is 11.8 Å². The average Bonchev–Trinajstić information content (AvgIpc) is 2.47. The molecule has 0 aliphatic carbocycles. The van der Waals surface area contributed by atoms with Crippen LogP contribution in [0, 0.1) is 0 Å². The molecular weight excluding hydrogens is 206 g/mol. The molecule has 14 heavy (non-hydrogen) atoms. The number of rotatable bonds is 2. The minimum absolute atomic E-state index is 0.00866. The lowest BCUT2D eigenvalue weighted by atomic mass is 10.2. The van der Waals surface area contributed by atoms with Gasteiger partial charge in [0.2, 0.25) is 0 Å². The van der Waals surface area contributed by atoms with E-state index in [9.17, 15) is 9.59 Å². The Hall–Kier alpha value is -1.17. The highest BCUT2D eigenvalue weighted by Crippen LogP contribution is 2.28. The number of carbonyl (C=O) groups excluding carboxylic acids is 1. The van der Waals surface area contributed by atoms with Crippen LogP contribution in [-0.4, -0.2) is 34.8 Å². The van der Waals surface area contributed by atoms with Crippen LogP contribution in [0.25, 0.3) is 0 Å². The SMILES string of the molecule is O=C(O)C[C@@H]1NC2=C(COC2=O)CS1. The summed E-state index contributed by atoms with van der Waals surface area (Å²) in [5, 5.41) is 11.2. The van der Waals surface area contributed by atoms with Gasteiger partial charge in [0.15, 0.2) is 0 Å². The highest BCUT2D eigenvalue weighted by Gasteiger charge is 2.31. The zero-order valence-electron chi connectivity index (χ0n) is 7.28. The zero-order chi connectivity index (χ0) is 10.1. The van der Waals surface area contributed by atoms with E-state index in [1.165, 1.54) is 11.8 Å². The number of cyclic esters (lactones) is 1. The first kappa shape index (κ1) is 9.39. The van der Waals surface area contributed by atoms with Crippen molar-refractivity contribution >= 4 is 23.7 Å². The molecule has 0 aromatic rings. The Morgan fingerprint density at radius 1 is 1.71 bits per heavy atom. The molecule has 0 amide bonds. The third-order valence-corrected chi connectivity index (χ3v) is 3.26. The Labute approximate surface area is 84.5 Å². The van der Waals surface area contributed by atoms with Gasteiger partial charge in [-0.1, -0.05) is 0 Å². The highest BCUT2D eigenvalue weighted by atomic mass is 32.2. The molecular formula is C8H9NO4S. The molecule has 0 aromatic heterocycles. The fraction of sp³-hybridized carbons (Fsp3) is 0.500. The van der Waals surface area contributed by atoms with E-state index < -0.39 is 5.97 Å². The zero-order valence-corrected chi connectivity index (χ0v) is 8.10. The van der Waals surface area contributed by atoms with Crippen LogP contribution < -0.4 is 5.32 Å². The summed E-state index contributed by atoms with van der Waals surface area (Å²) in [4.78, 5) is 21.6. The third-order valence-electron chi connectivity index (χ3n) is 2.06. The standard InChI is InChI=1S/C8H9NO4S/c10-6(11)1-5-9-7-4(3-14-5)2-13-8(7)12/h5,9H,1-3H2,(H,10,11)/t5-/m1/s1. The van der Waals surface area contributed by atoms with Gasteiger partial charge < -0.3 is 15.2 Å². The Kier molecular flexibility index (Phi) is 2.37. The van der Waals surface area contributed by atoms with Gasteiger partial charge in [0.05, 0.1) is 11.8 Å². The van der Waals surface area contributed by atoms with Crippen LogP contribution in [-0.2, 0) is 14.3 Å².